The summed E-state index contributed by atoms with van der Waals surface area (Å²) in [6.45, 7) is 1.00. The maximum Gasteiger partial charge on any atom is 0.185 e. The molecule has 0 N–H and O–H groups in total. The van der Waals surface area contributed by atoms with Crippen LogP contribution in [0, 0.1) is 22.7 Å². The summed E-state index contributed by atoms with van der Waals surface area (Å²) in [5, 5.41) is 17.3. The number of hydrogen-bond acceptors (Lipinski definition) is 5. The van der Waals surface area contributed by atoms with E-state index in [0.717, 1.165) is 53.0 Å². The summed E-state index contributed by atoms with van der Waals surface area (Å²) in [5.41, 5.74) is 3.48. The number of rotatable bonds is 10. The minimum Gasteiger partial charge on any atom is -0.494 e. The van der Waals surface area contributed by atoms with Crippen LogP contribution in [0.25, 0.3) is 12.2 Å². The van der Waals surface area contributed by atoms with Crippen molar-refractivity contribution in [1.29, 1.82) is 10.5 Å². The van der Waals surface area contributed by atoms with Crippen LogP contribution in [0.15, 0.2) is 59.7 Å². The highest BCUT2D eigenvalue weighted by Gasteiger charge is 2.20. The molecule has 0 saturated heterocycles. The van der Waals surface area contributed by atoms with Gasteiger partial charge in [0.05, 0.1) is 25.4 Å². The number of nitrogens with zero attached hydrogens (tertiary/aromatic N) is 2. The number of benzene rings is 2. The first-order valence-corrected chi connectivity index (χ1v) is 11.3. The van der Waals surface area contributed by atoms with Crippen molar-refractivity contribution in [2.24, 2.45) is 0 Å². The number of Topliss-reactive ketones (excluding diaryl/α,β-unsaturated/α-hetero) is 1. The van der Waals surface area contributed by atoms with Crippen molar-refractivity contribution in [2.45, 2.75) is 44.9 Å². The number of ketones is 1. The van der Waals surface area contributed by atoms with Crippen LogP contribution in [0.3, 0.4) is 0 Å². The second-order valence-corrected chi connectivity index (χ2v) is 7.89. The summed E-state index contributed by atoms with van der Waals surface area (Å²) in [5.74, 6) is 1.57. The lowest BCUT2D eigenvalue weighted by atomic mass is 9.87. The number of ether oxygens (including phenoxy) is 2. The minimum absolute atomic E-state index is 0.0851. The van der Waals surface area contributed by atoms with Gasteiger partial charge in [0.15, 0.2) is 5.78 Å². The van der Waals surface area contributed by atoms with Gasteiger partial charge in [0, 0.05) is 24.0 Å². The highest BCUT2D eigenvalue weighted by molar-refractivity contribution is 6.14. The van der Waals surface area contributed by atoms with Crippen LogP contribution >= 0.6 is 0 Å². The Hall–Kier alpha value is -3.83. The lowest BCUT2D eigenvalue weighted by Gasteiger charge is -2.17. The molecule has 168 valence electrons. The van der Waals surface area contributed by atoms with Gasteiger partial charge < -0.3 is 9.47 Å². The van der Waals surface area contributed by atoms with E-state index in [1.165, 1.54) is 0 Å². The Morgan fingerprint density at radius 2 is 1.27 bits per heavy atom. The predicted octanol–water partition coefficient (Wildman–Crippen LogP) is 6.27. The molecule has 5 heteroatoms. The van der Waals surface area contributed by atoms with E-state index in [1.54, 1.807) is 0 Å². The summed E-state index contributed by atoms with van der Waals surface area (Å²) < 4.78 is 11.4. The van der Waals surface area contributed by atoms with Crippen molar-refractivity contribution in [1.82, 2.24) is 0 Å². The third kappa shape index (κ3) is 7.66. The van der Waals surface area contributed by atoms with Gasteiger partial charge in [0.1, 0.15) is 11.5 Å². The Balaban J connectivity index is 1.69. The number of carbonyl (C=O) groups is 1. The molecule has 1 aliphatic carbocycles. The molecule has 0 spiro atoms. The van der Waals surface area contributed by atoms with Crippen LogP contribution in [0.5, 0.6) is 11.5 Å². The summed E-state index contributed by atoms with van der Waals surface area (Å²) in [4.78, 5) is 13.1. The lowest BCUT2D eigenvalue weighted by Crippen LogP contribution is -2.12. The summed E-state index contributed by atoms with van der Waals surface area (Å²) >= 11 is 0. The van der Waals surface area contributed by atoms with Gasteiger partial charge in [-0.2, -0.15) is 10.5 Å². The second-order valence-electron chi connectivity index (χ2n) is 7.89. The van der Waals surface area contributed by atoms with Crippen molar-refractivity contribution in [3.8, 4) is 23.6 Å². The van der Waals surface area contributed by atoms with E-state index in [0.29, 0.717) is 38.9 Å². The summed E-state index contributed by atoms with van der Waals surface area (Å²) in [6, 6.07) is 19.6. The van der Waals surface area contributed by atoms with Crippen LogP contribution in [0.1, 0.15) is 56.1 Å². The van der Waals surface area contributed by atoms with Gasteiger partial charge in [-0.1, -0.05) is 24.3 Å². The quantitative estimate of drug-likeness (QED) is 0.321. The molecule has 5 nitrogen and oxygen atoms in total. The van der Waals surface area contributed by atoms with Crippen LogP contribution in [-0.2, 0) is 4.79 Å². The van der Waals surface area contributed by atoms with Crippen molar-refractivity contribution in [3.63, 3.8) is 0 Å². The molecule has 1 fully saturated rings. The third-order valence-electron chi connectivity index (χ3n) is 5.28. The molecule has 2 aromatic carbocycles. The maximum absolute atomic E-state index is 13.1. The van der Waals surface area contributed by atoms with Crippen molar-refractivity contribution >= 4 is 17.9 Å². The van der Waals surface area contributed by atoms with E-state index in [4.69, 9.17) is 20.0 Å². The largest absolute Gasteiger partial charge is 0.494 e. The average Bonchev–Trinajstić information content (AvgIpc) is 2.83. The molecule has 0 aliphatic heterocycles. The molecule has 0 atom stereocenters. The van der Waals surface area contributed by atoms with Crippen LogP contribution in [-0.4, -0.2) is 19.0 Å². The Labute approximate surface area is 195 Å². The smallest absolute Gasteiger partial charge is 0.185 e. The zero-order valence-corrected chi connectivity index (χ0v) is 18.8. The highest BCUT2D eigenvalue weighted by Crippen LogP contribution is 2.29. The molecule has 3 rings (SSSR count). The maximum atomic E-state index is 13.1. The van der Waals surface area contributed by atoms with Crippen molar-refractivity contribution < 1.29 is 14.3 Å². The first-order valence-electron chi connectivity index (χ1n) is 11.3. The first kappa shape index (κ1) is 23.8. The molecule has 2 aromatic rings. The predicted molar refractivity (Wildman–Crippen MR) is 128 cm³/mol. The minimum atomic E-state index is 0.0851. The summed E-state index contributed by atoms with van der Waals surface area (Å²) in [6.07, 6.45) is 8.68. The molecule has 0 aromatic heterocycles. The molecule has 0 bridgehead atoms. The third-order valence-corrected chi connectivity index (χ3v) is 5.28. The summed E-state index contributed by atoms with van der Waals surface area (Å²) in [7, 11) is 0. The molecular weight excluding hydrogens is 412 g/mol. The standard InChI is InChI=1S/C28H28N2O3/c29-14-1-3-16-32-26-12-5-8-22(20-26)18-24-10-7-11-25(28(24)31)19-23-9-6-13-27(21-23)33-17-4-2-15-30/h5-6,8-9,12-13,18-21H,1-4,7,10-11,16-17H2/b24-18-,25-19+. The fourth-order valence-corrected chi connectivity index (χ4v) is 3.65. The Kier molecular flexibility index (Phi) is 9.30. The van der Waals surface area contributed by atoms with Gasteiger partial charge in [-0.3, -0.25) is 4.79 Å². The molecule has 0 amide bonds. The SMILES string of the molecule is N#CCCCOc1cccc(/C=C2/CCC/C(=C\c3cccc(OCCCC#N)c3)C2=O)c1. The topological polar surface area (TPSA) is 83.1 Å². The zero-order chi connectivity index (χ0) is 23.3. The Morgan fingerprint density at radius 1 is 0.788 bits per heavy atom. The van der Waals surface area contributed by atoms with Crippen LogP contribution < -0.4 is 9.47 Å². The fourth-order valence-electron chi connectivity index (χ4n) is 3.65. The molecule has 0 unspecified atom stereocenters. The normalized spacial score (nSPS) is 15.8. The van der Waals surface area contributed by atoms with Gasteiger partial charge >= 0.3 is 0 Å². The first-order chi connectivity index (χ1) is 16.2. The molecular formula is C28H28N2O3. The van der Waals surface area contributed by atoms with Gasteiger partial charge in [0.2, 0.25) is 0 Å². The number of hydrogen-bond donors (Lipinski definition) is 0. The second kappa shape index (κ2) is 12.9. The van der Waals surface area contributed by atoms with E-state index >= 15 is 0 Å². The average molecular weight is 441 g/mol. The molecule has 33 heavy (non-hydrogen) atoms. The number of unbranched alkanes of at least 4 members (excludes halogenated alkanes) is 2. The lowest BCUT2D eigenvalue weighted by molar-refractivity contribution is -0.112. The number of carbonyl (C=O) groups excluding carboxylic acids is 1. The molecule has 1 saturated carbocycles. The molecule has 0 radical (unpaired) electrons. The Morgan fingerprint density at radius 3 is 1.73 bits per heavy atom. The highest BCUT2D eigenvalue weighted by atomic mass is 16.5. The van der Waals surface area contributed by atoms with Crippen molar-refractivity contribution in [3.05, 3.63) is 70.8 Å². The van der Waals surface area contributed by atoms with E-state index in [-0.39, 0.29) is 5.78 Å². The monoisotopic (exact) mass is 440 g/mol. The van der Waals surface area contributed by atoms with Crippen LogP contribution in [0.4, 0.5) is 0 Å². The zero-order valence-electron chi connectivity index (χ0n) is 18.8. The van der Waals surface area contributed by atoms with Gasteiger partial charge in [-0.15, -0.1) is 0 Å². The Bertz CT molecular complexity index is 1020. The van der Waals surface area contributed by atoms with Crippen LogP contribution in [0.2, 0.25) is 0 Å². The number of nitriles is 2. The van der Waals surface area contributed by atoms with E-state index in [1.807, 2.05) is 60.7 Å². The molecule has 0 heterocycles. The van der Waals surface area contributed by atoms with Crippen molar-refractivity contribution in [2.75, 3.05) is 13.2 Å². The van der Waals surface area contributed by atoms with Gasteiger partial charge in [0.25, 0.3) is 0 Å². The fraction of sp³-hybridized carbons (Fsp3) is 0.321. The molecule has 1 aliphatic rings. The van der Waals surface area contributed by atoms with Gasteiger partial charge in [-0.25, -0.2) is 0 Å². The number of allylic oxidation sites excluding steroid dienone is 2. The van der Waals surface area contributed by atoms with E-state index in [9.17, 15) is 4.79 Å². The van der Waals surface area contributed by atoms with E-state index in [2.05, 4.69) is 12.1 Å². The van der Waals surface area contributed by atoms with Gasteiger partial charge in [-0.05, 0) is 79.6 Å². The van der Waals surface area contributed by atoms with E-state index < -0.39 is 0 Å².